The summed E-state index contributed by atoms with van der Waals surface area (Å²) in [4.78, 5) is 31.9. The van der Waals surface area contributed by atoms with Crippen LogP contribution in [0, 0.1) is 0 Å². The van der Waals surface area contributed by atoms with E-state index in [0.717, 1.165) is 38.0 Å². The van der Waals surface area contributed by atoms with Gasteiger partial charge in [0.05, 0.1) is 11.3 Å². The van der Waals surface area contributed by atoms with Crippen molar-refractivity contribution < 1.29 is 9.59 Å². The van der Waals surface area contributed by atoms with E-state index in [0.29, 0.717) is 17.7 Å². The molecule has 0 N–H and O–H groups in total. The fourth-order valence-electron chi connectivity index (χ4n) is 4.69. The first-order valence-electron chi connectivity index (χ1n) is 9.67. The topological polar surface area (TPSA) is 43.9 Å². The van der Waals surface area contributed by atoms with Crippen molar-refractivity contribution in [1.29, 1.82) is 0 Å². The molecule has 3 aliphatic heterocycles. The first-order valence-corrected chi connectivity index (χ1v) is 9.67. The summed E-state index contributed by atoms with van der Waals surface area (Å²) in [6, 6.07) is 13.9. The molecule has 2 amide bonds. The summed E-state index contributed by atoms with van der Waals surface area (Å²) in [6.07, 6.45) is 3.04. The van der Waals surface area contributed by atoms with E-state index in [9.17, 15) is 9.59 Å². The number of hydrogen-bond acceptors (Lipinski definition) is 3. The fraction of sp³-hybridized carbons (Fsp3) is 0.364. The zero-order valence-corrected chi connectivity index (χ0v) is 15.5. The van der Waals surface area contributed by atoms with E-state index in [1.165, 1.54) is 11.1 Å². The molecular formula is C22H23N3O2. The van der Waals surface area contributed by atoms with Crippen molar-refractivity contribution in [2.75, 3.05) is 25.0 Å². The number of amides is 2. The van der Waals surface area contributed by atoms with Crippen LogP contribution >= 0.6 is 0 Å². The smallest absolute Gasteiger partial charge is 0.257 e. The SMILES string of the molecule is CN1c2cc(C(=O)N3CCc4ccccc4C3)ccc2C(=O)N2CCC[C@H]21. The van der Waals surface area contributed by atoms with E-state index < -0.39 is 0 Å². The van der Waals surface area contributed by atoms with Crippen LogP contribution in [0.5, 0.6) is 0 Å². The summed E-state index contributed by atoms with van der Waals surface area (Å²) in [6.45, 7) is 2.20. The molecule has 1 saturated heterocycles. The number of fused-ring (bicyclic) bond motifs is 3. The molecule has 3 heterocycles. The second-order valence-corrected chi connectivity index (χ2v) is 7.71. The Hall–Kier alpha value is -2.82. The van der Waals surface area contributed by atoms with E-state index in [2.05, 4.69) is 23.1 Å². The van der Waals surface area contributed by atoms with Crippen LogP contribution in [0.1, 0.15) is 44.7 Å². The molecule has 27 heavy (non-hydrogen) atoms. The van der Waals surface area contributed by atoms with Gasteiger partial charge in [-0.05, 0) is 48.6 Å². The number of carbonyl (C=O) groups excluding carboxylic acids is 2. The minimum absolute atomic E-state index is 0.0435. The maximum atomic E-state index is 13.1. The third-order valence-corrected chi connectivity index (χ3v) is 6.20. The molecule has 138 valence electrons. The maximum absolute atomic E-state index is 13.1. The molecule has 0 saturated carbocycles. The van der Waals surface area contributed by atoms with E-state index in [-0.39, 0.29) is 18.0 Å². The number of carbonyl (C=O) groups is 2. The van der Waals surface area contributed by atoms with Gasteiger partial charge in [0.1, 0.15) is 6.17 Å². The highest BCUT2D eigenvalue weighted by atomic mass is 16.2. The second-order valence-electron chi connectivity index (χ2n) is 7.71. The first-order chi connectivity index (χ1) is 13.1. The number of rotatable bonds is 1. The van der Waals surface area contributed by atoms with Crippen LogP contribution in [0.2, 0.25) is 0 Å². The lowest BCUT2D eigenvalue weighted by atomic mass is 9.98. The molecule has 3 aliphatic rings. The first kappa shape index (κ1) is 16.4. The lowest BCUT2D eigenvalue weighted by molar-refractivity contribution is 0.0711. The van der Waals surface area contributed by atoms with Gasteiger partial charge in [-0.3, -0.25) is 9.59 Å². The van der Waals surface area contributed by atoms with Gasteiger partial charge in [0.15, 0.2) is 0 Å². The molecule has 5 nitrogen and oxygen atoms in total. The Balaban J connectivity index is 1.45. The Labute approximate surface area is 159 Å². The molecule has 1 atom stereocenters. The zero-order valence-electron chi connectivity index (χ0n) is 15.5. The lowest BCUT2D eigenvalue weighted by Gasteiger charge is -2.40. The largest absolute Gasteiger partial charge is 0.354 e. The van der Waals surface area contributed by atoms with Crippen molar-refractivity contribution in [2.24, 2.45) is 0 Å². The average molecular weight is 361 g/mol. The predicted octanol–water partition coefficient (Wildman–Crippen LogP) is 2.90. The second kappa shape index (κ2) is 6.12. The van der Waals surface area contributed by atoms with Gasteiger partial charge in [-0.2, -0.15) is 0 Å². The Bertz CT molecular complexity index is 939. The number of benzene rings is 2. The van der Waals surface area contributed by atoms with E-state index in [4.69, 9.17) is 0 Å². The molecule has 0 unspecified atom stereocenters. The van der Waals surface area contributed by atoms with Crippen molar-refractivity contribution in [1.82, 2.24) is 9.80 Å². The predicted molar refractivity (Wildman–Crippen MR) is 104 cm³/mol. The zero-order chi connectivity index (χ0) is 18.5. The molecule has 2 aromatic rings. The molecule has 0 aromatic heterocycles. The monoisotopic (exact) mass is 361 g/mol. The quantitative estimate of drug-likeness (QED) is 0.784. The maximum Gasteiger partial charge on any atom is 0.257 e. The summed E-state index contributed by atoms with van der Waals surface area (Å²) in [7, 11) is 2.03. The minimum atomic E-state index is 0.0435. The van der Waals surface area contributed by atoms with Crippen molar-refractivity contribution >= 4 is 17.5 Å². The molecular weight excluding hydrogens is 338 g/mol. The molecule has 0 spiro atoms. The molecule has 0 bridgehead atoms. The summed E-state index contributed by atoms with van der Waals surface area (Å²) in [5.41, 5.74) is 4.81. The summed E-state index contributed by atoms with van der Waals surface area (Å²) >= 11 is 0. The van der Waals surface area contributed by atoms with Crippen molar-refractivity contribution in [3.05, 3.63) is 64.7 Å². The molecule has 5 heteroatoms. The molecule has 0 aliphatic carbocycles. The Morgan fingerprint density at radius 1 is 1.07 bits per heavy atom. The molecule has 0 radical (unpaired) electrons. The highest BCUT2D eigenvalue weighted by Gasteiger charge is 2.39. The van der Waals surface area contributed by atoms with E-state index in [1.54, 1.807) is 0 Å². The van der Waals surface area contributed by atoms with Gasteiger partial charge in [0, 0.05) is 32.2 Å². The number of hydrogen-bond donors (Lipinski definition) is 0. The van der Waals surface area contributed by atoms with Gasteiger partial charge in [0.2, 0.25) is 0 Å². The standard InChI is InChI=1S/C22H23N3O2/c1-23-19-13-16(8-9-18(19)22(27)25-11-4-7-20(23)25)21(26)24-12-10-15-5-2-3-6-17(15)14-24/h2-3,5-6,8-9,13,20H,4,7,10-12,14H2,1H3/t20-/m0/s1. The normalized spacial score (nSPS) is 21.0. The van der Waals surface area contributed by atoms with Crippen LogP contribution in [-0.4, -0.2) is 47.9 Å². The van der Waals surface area contributed by atoms with Crippen LogP contribution in [0.3, 0.4) is 0 Å². The van der Waals surface area contributed by atoms with E-state index in [1.807, 2.05) is 41.1 Å². The molecule has 2 aromatic carbocycles. The van der Waals surface area contributed by atoms with Gasteiger partial charge in [0.25, 0.3) is 11.8 Å². The minimum Gasteiger partial charge on any atom is -0.354 e. The highest BCUT2D eigenvalue weighted by molar-refractivity contribution is 6.04. The van der Waals surface area contributed by atoms with Crippen molar-refractivity contribution in [3.8, 4) is 0 Å². The van der Waals surface area contributed by atoms with Crippen LogP contribution in [-0.2, 0) is 13.0 Å². The van der Waals surface area contributed by atoms with Crippen LogP contribution in [0.15, 0.2) is 42.5 Å². The van der Waals surface area contributed by atoms with Crippen LogP contribution < -0.4 is 4.90 Å². The van der Waals surface area contributed by atoms with Crippen LogP contribution in [0.4, 0.5) is 5.69 Å². The fourth-order valence-corrected chi connectivity index (χ4v) is 4.69. The van der Waals surface area contributed by atoms with E-state index >= 15 is 0 Å². The number of anilines is 1. The van der Waals surface area contributed by atoms with Crippen molar-refractivity contribution in [3.63, 3.8) is 0 Å². The summed E-state index contributed by atoms with van der Waals surface area (Å²) < 4.78 is 0. The van der Waals surface area contributed by atoms with Gasteiger partial charge in [-0.1, -0.05) is 24.3 Å². The Morgan fingerprint density at radius 3 is 2.74 bits per heavy atom. The number of nitrogens with zero attached hydrogens (tertiary/aromatic N) is 3. The average Bonchev–Trinajstić information content (AvgIpc) is 3.21. The third-order valence-electron chi connectivity index (χ3n) is 6.20. The van der Waals surface area contributed by atoms with Gasteiger partial charge in [-0.25, -0.2) is 0 Å². The Morgan fingerprint density at radius 2 is 1.89 bits per heavy atom. The molecule has 1 fully saturated rings. The highest BCUT2D eigenvalue weighted by Crippen LogP contribution is 2.35. The van der Waals surface area contributed by atoms with Gasteiger partial charge >= 0.3 is 0 Å². The Kier molecular flexibility index (Phi) is 3.71. The summed E-state index contributed by atoms with van der Waals surface area (Å²) in [5, 5.41) is 0. The molecule has 5 rings (SSSR count). The van der Waals surface area contributed by atoms with Crippen molar-refractivity contribution in [2.45, 2.75) is 32.0 Å². The van der Waals surface area contributed by atoms with Crippen LogP contribution in [0.25, 0.3) is 0 Å². The summed E-state index contributed by atoms with van der Waals surface area (Å²) in [5.74, 6) is 0.138. The van der Waals surface area contributed by atoms with Gasteiger partial charge in [-0.15, -0.1) is 0 Å². The lowest BCUT2D eigenvalue weighted by Crippen LogP contribution is -2.50. The third kappa shape index (κ3) is 2.52. The van der Waals surface area contributed by atoms with Gasteiger partial charge < -0.3 is 14.7 Å².